The summed E-state index contributed by atoms with van der Waals surface area (Å²) in [5, 5.41) is 15.0. The van der Waals surface area contributed by atoms with Crippen molar-refractivity contribution in [2.75, 3.05) is 6.54 Å². The number of aromatic nitrogens is 3. The molecule has 0 radical (unpaired) electrons. The van der Waals surface area contributed by atoms with Gasteiger partial charge in [-0.25, -0.2) is 9.78 Å². The van der Waals surface area contributed by atoms with Gasteiger partial charge in [-0.2, -0.15) is 4.98 Å². The maximum absolute atomic E-state index is 11.8. The van der Waals surface area contributed by atoms with E-state index >= 15 is 0 Å². The second-order valence-corrected chi connectivity index (χ2v) is 8.51. The Kier molecular flexibility index (Phi) is 5.11. The number of carbonyl (C=O) groups is 1. The molecule has 2 fully saturated rings. The van der Waals surface area contributed by atoms with Crippen LogP contribution in [0.25, 0.3) is 22.4 Å². The molecular weight excluding hydrogens is 380 g/mol. The molecule has 2 atom stereocenters. The number of pyridine rings is 1. The zero-order valence-electron chi connectivity index (χ0n) is 16.9. The van der Waals surface area contributed by atoms with Gasteiger partial charge in [0.1, 0.15) is 5.69 Å². The molecule has 1 aliphatic carbocycles. The highest BCUT2D eigenvalue weighted by atomic mass is 16.5. The Labute approximate surface area is 175 Å². The Morgan fingerprint density at radius 2 is 1.87 bits per heavy atom. The van der Waals surface area contributed by atoms with Crippen LogP contribution < -0.4 is 0 Å². The van der Waals surface area contributed by atoms with E-state index in [0.29, 0.717) is 36.3 Å². The number of likely N-dealkylation sites (tertiary alicyclic amines) is 1. The lowest BCUT2D eigenvalue weighted by atomic mass is 9.77. The van der Waals surface area contributed by atoms with Gasteiger partial charge in [0, 0.05) is 23.9 Å². The lowest BCUT2D eigenvalue weighted by Gasteiger charge is -2.42. The Bertz CT molecular complexity index is 1040. The molecule has 2 unspecified atom stereocenters. The van der Waals surface area contributed by atoms with Gasteiger partial charge in [-0.1, -0.05) is 48.7 Å². The summed E-state index contributed by atoms with van der Waals surface area (Å²) in [6, 6.07) is 11.9. The molecule has 1 aliphatic heterocycles. The van der Waals surface area contributed by atoms with Crippen LogP contribution in [-0.4, -0.2) is 43.8 Å². The van der Waals surface area contributed by atoms with E-state index < -0.39 is 6.09 Å². The molecule has 7 heteroatoms. The van der Waals surface area contributed by atoms with Crippen molar-refractivity contribution in [2.45, 2.75) is 56.9 Å². The molecule has 0 spiro atoms. The van der Waals surface area contributed by atoms with Crippen molar-refractivity contribution in [1.82, 2.24) is 20.0 Å². The van der Waals surface area contributed by atoms with Gasteiger partial charge in [0.25, 0.3) is 0 Å². The van der Waals surface area contributed by atoms with Crippen LogP contribution in [-0.2, 0) is 0 Å². The average Bonchev–Trinajstić information content (AvgIpc) is 3.29. The third-order valence-corrected chi connectivity index (χ3v) is 6.70. The minimum Gasteiger partial charge on any atom is -0.465 e. The molecule has 2 aromatic heterocycles. The van der Waals surface area contributed by atoms with Crippen molar-refractivity contribution < 1.29 is 14.4 Å². The topological polar surface area (TPSA) is 92.3 Å². The summed E-state index contributed by atoms with van der Waals surface area (Å²) in [5.74, 6) is 1.62. The molecule has 2 aliphatic rings. The Morgan fingerprint density at radius 3 is 2.70 bits per heavy atom. The number of hydrogen-bond acceptors (Lipinski definition) is 5. The van der Waals surface area contributed by atoms with Gasteiger partial charge in [-0.15, -0.1) is 0 Å². The summed E-state index contributed by atoms with van der Waals surface area (Å²) in [6.45, 7) is 0.521. The van der Waals surface area contributed by atoms with Crippen LogP contribution >= 0.6 is 0 Å². The SMILES string of the molecule is O=C(O)N1CCC(c2nc(-c3ccc4ccccc4n3)no2)CC1C1CCCCC1. The van der Waals surface area contributed by atoms with Crippen molar-refractivity contribution in [2.24, 2.45) is 5.92 Å². The highest BCUT2D eigenvalue weighted by Crippen LogP contribution is 2.39. The first-order valence-corrected chi connectivity index (χ1v) is 10.9. The number of fused-ring (bicyclic) bond motifs is 1. The molecule has 30 heavy (non-hydrogen) atoms. The summed E-state index contributed by atoms with van der Waals surface area (Å²) in [5.41, 5.74) is 1.59. The molecule has 1 aromatic carbocycles. The number of carboxylic acid groups (broad SMARTS) is 1. The quantitative estimate of drug-likeness (QED) is 0.651. The van der Waals surface area contributed by atoms with E-state index in [-0.39, 0.29) is 12.0 Å². The zero-order chi connectivity index (χ0) is 20.5. The fourth-order valence-electron chi connectivity index (χ4n) is 5.12. The van der Waals surface area contributed by atoms with E-state index in [0.717, 1.165) is 30.2 Å². The summed E-state index contributed by atoms with van der Waals surface area (Å²) in [6.07, 6.45) is 6.51. The molecule has 0 bridgehead atoms. The first-order valence-electron chi connectivity index (χ1n) is 10.9. The van der Waals surface area contributed by atoms with Crippen LogP contribution in [0.3, 0.4) is 0 Å². The van der Waals surface area contributed by atoms with E-state index in [1.165, 1.54) is 19.3 Å². The van der Waals surface area contributed by atoms with Crippen LogP contribution in [0.4, 0.5) is 4.79 Å². The number of nitrogens with zero attached hydrogens (tertiary/aromatic N) is 4. The smallest absolute Gasteiger partial charge is 0.407 e. The van der Waals surface area contributed by atoms with Crippen molar-refractivity contribution in [3.63, 3.8) is 0 Å². The van der Waals surface area contributed by atoms with Gasteiger partial charge >= 0.3 is 6.09 Å². The van der Waals surface area contributed by atoms with Gasteiger partial charge < -0.3 is 14.5 Å². The standard InChI is InChI=1S/C23H26N4O3/c28-23(29)27-13-12-17(14-20(27)16-7-2-1-3-8-16)22-25-21(26-30-22)19-11-10-15-6-4-5-9-18(15)24-19/h4-6,9-11,16-17,20H,1-3,7-8,12-14H2,(H,28,29). The Morgan fingerprint density at radius 1 is 1.03 bits per heavy atom. The maximum Gasteiger partial charge on any atom is 0.407 e. The van der Waals surface area contributed by atoms with E-state index in [4.69, 9.17) is 4.52 Å². The normalized spacial score (nSPS) is 23.0. The monoisotopic (exact) mass is 406 g/mol. The average molecular weight is 406 g/mol. The first kappa shape index (κ1) is 19.0. The number of benzene rings is 1. The van der Waals surface area contributed by atoms with Crippen molar-refractivity contribution in [1.29, 1.82) is 0 Å². The molecule has 5 rings (SSSR count). The highest BCUT2D eigenvalue weighted by Gasteiger charge is 2.39. The predicted octanol–water partition coefficient (Wildman–Crippen LogP) is 5.09. The van der Waals surface area contributed by atoms with Crippen LogP contribution in [0.1, 0.15) is 56.8 Å². The molecule has 1 saturated heterocycles. The van der Waals surface area contributed by atoms with Crippen LogP contribution in [0, 0.1) is 5.92 Å². The van der Waals surface area contributed by atoms with Crippen molar-refractivity contribution in [3.05, 3.63) is 42.3 Å². The lowest BCUT2D eigenvalue weighted by Crippen LogP contribution is -2.49. The minimum absolute atomic E-state index is 0.0377. The van der Waals surface area contributed by atoms with Gasteiger partial charge in [-0.05, 0) is 43.7 Å². The molecule has 156 valence electrons. The summed E-state index contributed by atoms with van der Waals surface area (Å²) >= 11 is 0. The van der Waals surface area contributed by atoms with E-state index in [1.54, 1.807) is 4.90 Å². The summed E-state index contributed by atoms with van der Waals surface area (Å²) in [4.78, 5) is 22.8. The number of amides is 1. The number of piperidine rings is 1. The zero-order valence-corrected chi connectivity index (χ0v) is 16.9. The largest absolute Gasteiger partial charge is 0.465 e. The highest BCUT2D eigenvalue weighted by molar-refractivity contribution is 5.80. The second-order valence-electron chi connectivity index (χ2n) is 8.51. The van der Waals surface area contributed by atoms with Crippen LogP contribution in [0.15, 0.2) is 40.9 Å². The van der Waals surface area contributed by atoms with E-state index in [2.05, 4.69) is 15.1 Å². The number of rotatable bonds is 3. The predicted molar refractivity (Wildman–Crippen MR) is 112 cm³/mol. The van der Waals surface area contributed by atoms with Crippen molar-refractivity contribution >= 4 is 17.0 Å². The number of para-hydroxylation sites is 1. The summed E-state index contributed by atoms with van der Waals surface area (Å²) in [7, 11) is 0. The Balaban J connectivity index is 1.37. The van der Waals surface area contributed by atoms with Crippen molar-refractivity contribution in [3.8, 4) is 11.5 Å². The maximum atomic E-state index is 11.8. The molecular formula is C23H26N4O3. The molecule has 7 nitrogen and oxygen atoms in total. The van der Waals surface area contributed by atoms with Crippen LogP contribution in [0.5, 0.6) is 0 Å². The lowest BCUT2D eigenvalue weighted by molar-refractivity contribution is 0.0608. The van der Waals surface area contributed by atoms with Gasteiger partial charge in [0.15, 0.2) is 0 Å². The van der Waals surface area contributed by atoms with Gasteiger partial charge in [0.2, 0.25) is 11.7 Å². The molecule has 1 saturated carbocycles. The molecule has 1 amide bonds. The molecule has 1 N–H and O–H groups in total. The second kappa shape index (κ2) is 8.05. The van der Waals surface area contributed by atoms with E-state index in [1.807, 2.05) is 36.4 Å². The first-order chi connectivity index (χ1) is 14.7. The van der Waals surface area contributed by atoms with Crippen LogP contribution in [0.2, 0.25) is 0 Å². The third-order valence-electron chi connectivity index (χ3n) is 6.70. The third kappa shape index (κ3) is 3.64. The summed E-state index contributed by atoms with van der Waals surface area (Å²) < 4.78 is 5.63. The molecule has 3 heterocycles. The molecule has 3 aromatic rings. The Hall–Kier alpha value is -2.96. The van der Waals surface area contributed by atoms with E-state index in [9.17, 15) is 9.90 Å². The van der Waals surface area contributed by atoms with Gasteiger partial charge in [0.05, 0.1) is 5.52 Å². The minimum atomic E-state index is -0.810. The number of hydrogen-bond donors (Lipinski definition) is 1. The van der Waals surface area contributed by atoms with Gasteiger partial charge in [-0.3, -0.25) is 0 Å². The fraction of sp³-hybridized carbons (Fsp3) is 0.478. The fourth-order valence-corrected chi connectivity index (χ4v) is 5.12.